The highest BCUT2D eigenvalue weighted by Gasteiger charge is 2.72. The molecule has 0 fully saturated rings. The zero-order valence-corrected chi connectivity index (χ0v) is 23.5. The summed E-state index contributed by atoms with van der Waals surface area (Å²) in [5.41, 5.74) is -13.8. The van der Waals surface area contributed by atoms with Gasteiger partial charge in [-0.1, -0.05) is 24.3 Å². The molecule has 0 atom stereocenters. The highest BCUT2D eigenvalue weighted by molar-refractivity contribution is 5.51. The third-order valence-corrected chi connectivity index (χ3v) is 6.84. The normalized spacial score (nSPS) is 12.8. The topological polar surface area (TPSA) is 105 Å². The lowest BCUT2D eigenvalue weighted by atomic mass is 9.73. The second kappa shape index (κ2) is 12.5. The van der Waals surface area contributed by atoms with Gasteiger partial charge in [0.05, 0.1) is 9.85 Å². The van der Waals surface area contributed by atoms with E-state index in [9.17, 15) is 72.9 Å². The number of rotatable bonds is 8. The number of nitro groups is 2. The van der Waals surface area contributed by atoms with E-state index in [0.29, 0.717) is 60.7 Å². The molecule has 0 bridgehead atoms. The van der Waals surface area contributed by atoms with Gasteiger partial charge >= 0.3 is 24.7 Å². The lowest BCUT2D eigenvalue weighted by molar-refractivity contribution is -0.388. The Kier molecular flexibility index (Phi) is 9.23. The first-order valence-corrected chi connectivity index (χ1v) is 12.9. The van der Waals surface area contributed by atoms with Crippen LogP contribution in [0.2, 0.25) is 0 Å². The van der Waals surface area contributed by atoms with Crippen molar-refractivity contribution < 1.29 is 72.0 Å². The molecule has 0 N–H and O–H groups in total. The number of halogens is 12. The van der Waals surface area contributed by atoms with Crippen LogP contribution >= 0.6 is 0 Å². The third-order valence-electron chi connectivity index (χ3n) is 6.84. The van der Waals surface area contributed by atoms with E-state index in [4.69, 9.17) is 9.47 Å². The van der Waals surface area contributed by atoms with Gasteiger partial charge < -0.3 is 9.47 Å². The zero-order chi connectivity index (χ0) is 36.7. The van der Waals surface area contributed by atoms with Gasteiger partial charge in [-0.25, -0.2) is 0 Å². The maximum absolute atomic E-state index is 14.6. The molecule has 0 saturated carbocycles. The lowest BCUT2D eigenvalue weighted by Gasteiger charge is -2.38. The molecule has 49 heavy (non-hydrogen) atoms. The quantitative estimate of drug-likeness (QED) is 0.102. The molecule has 0 radical (unpaired) electrons. The van der Waals surface area contributed by atoms with E-state index in [0.717, 1.165) is 12.1 Å². The molecule has 0 unspecified atom stereocenters. The van der Waals surface area contributed by atoms with Crippen molar-refractivity contribution in [3.05, 3.63) is 127 Å². The van der Waals surface area contributed by atoms with E-state index in [-0.39, 0.29) is 12.1 Å². The highest BCUT2D eigenvalue weighted by atomic mass is 19.4. The number of nitrogens with zero attached hydrogens (tertiary/aromatic N) is 2. The first-order chi connectivity index (χ1) is 22.5. The van der Waals surface area contributed by atoms with Crippen molar-refractivity contribution in [2.75, 3.05) is 0 Å². The molecule has 4 aromatic carbocycles. The van der Waals surface area contributed by atoms with Crippen LogP contribution < -0.4 is 9.47 Å². The van der Waals surface area contributed by atoms with Gasteiger partial charge in [-0.3, -0.25) is 20.2 Å². The molecule has 4 aromatic rings. The summed E-state index contributed by atoms with van der Waals surface area (Å²) in [6.07, 6.45) is -22.6. The predicted molar refractivity (Wildman–Crippen MR) is 142 cm³/mol. The fourth-order valence-corrected chi connectivity index (χ4v) is 4.73. The minimum atomic E-state index is -6.10. The third kappa shape index (κ3) is 7.16. The minimum Gasteiger partial charge on any atom is -0.457 e. The van der Waals surface area contributed by atoms with Crippen LogP contribution in [-0.2, 0) is 17.8 Å². The summed E-state index contributed by atoms with van der Waals surface area (Å²) in [6.45, 7) is 0. The Morgan fingerprint density at radius 3 is 0.980 bits per heavy atom. The molecular formula is C29H14F12N2O6. The van der Waals surface area contributed by atoms with E-state index in [1.54, 1.807) is 0 Å². The number of alkyl halides is 12. The fourth-order valence-electron chi connectivity index (χ4n) is 4.73. The standard InChI is InChI=1S/C29H14F12N2O6/c30-26(31,32)21-13-19(9-11-23(21)42(44)45)48-17-5-1-15(2-6-17)25(28(36,37)38,29(39,40)41)16-3-7-18(8-4-16)49-20-10-12-24(43(46)47)22(14-20)27(33,34)35/h1-14H. The van der Waals surface area contributed by atoms with E-state index < -0.39 is 96.6 Å². The van der Waals surface area contributed by atoms with Crippen LogP contribution in [0.4, 0.5) is 64.1 Å². The SMILES string of the molecule is O=[N+]([O-])c1ccc(Oc2ccc(C(c3ccc(Oc4ccc([N+](=O)[O-])c(C(F)(F)F)c4)cc3)(C(F)(F)F)C(F)(F)F)cc2)cc1C(F)(F)F. The summed E-state index contributed by atoms with van der Waals surface area (Å²) < 4.78 is 177. The van der Waals surface area contributed by atoms with Crippen molar-refractivity contribution >= 4 is 11.4 Å². The average Bonchev–Trinajstić information content (AvgIpc) is 2.96. The molecule has 0 aromatic heterocycles. The van der Waals surface area contributed by atoms with Crippen molar-refractivity contribution in [1.82, 2.24) is 0 Å². The van der Waals surface area contributed by atoms with E-state index in [1.807, 2.05) is 0 Å². The molecule has 0 saturated heterocycles. The number of ether oxygens (including phenoxy) is 2. The van der Waals surface area contributed by atoms with Crippen molar-refractivity contribution in [3.8, 4) is 23.0 Å². The Morgan fingerprint density at radius 2 is 0.735 bits per heavy atom. The zero-order valence-electron chi connectivity index (χ0n) is 23.5. The predicted octanol–water partition coefficient (Wildman–Crippen LogP) is 10.5. The number of hydrogen-bond donors (Lipinski definition) is 0. The van der Waals surface area contributed by atoms with Crippen molar-refractivity contribution in [2.24, 2.45) is 0 Å². The number of nitro benzene ring substituents is 2. The van der Waals surface area contributed by atoms with Crippen LogP contribution in [0.25, 0.3) is 0 Å². The Labute approximate surface area is 264 Å². The highest BCUT2D eigenvalue weighted by Crippen LogP contribution is 2.56. The largest absolute Gasteiger partial charge is 0.457 e. The van der Waals surface area contributed by atoms with Crippen molar-refractivity contribution in [3.63, 3.8) is 0 Å². The summed E-state index contributed by atoms with van der Waals surface area (Å²) in [7, 11) is 0. The van der Waals surface area contributed by atoms with Gasteiger partial charge in [-0.15, -0.1) is 0 Å². The van der Waals surface area contributed by atoms with Crippen molar-refractivity contribution in [2.45, 2.75) is 30.1 Å². The second-order valence-corrected chi connectivity index (χ2v) is 9.87. The molecule has 0 aliphatic carbocycles. The molecule has 260 valence electrons. The average molecular weight is 714 g/mol. The van der Waals surface area contributed by atoms with Gasteiger partial charge in [0.15, 0.2) is 0 Å². The molecule has 0 aliphatic heterocycles. The number of benzene rings is 4. The van der Waals surface area contributed by atoms with E-state index >= 15 is 0 Å². The van der Waals surface area contributed by atoms with Gasteiger partial charge in [-0.2, -0.15) is 52.7 Å². The van der Waals surface area contributed by atoms with Crippen LogP contribution in [0.3, 0.4) is 0 Å². The van der Waals surface area contributed by atoms with Crippen LogP contribution in [-0.4, -0.2) is 22.2 Å². The maximum Gasteiger partial charge on any atom is 0.423 e. The Morgan fingerprint density at radius 1 is 0.449 bits per heavy atom. The second-order valence-electron chi connectivity index (χ2n) is 9.87. The van der Waals surface area contributed by atoms with Gasteiger partial charge in [-0.05, 0) is 59.7 Å². The molecule has 0 heterocycles. The van der Waals surface area contributed by atoms with Crippen molar-refractivity contribution in [1.29, 1.82) is 0 Å². The summed E-state index contributed by atoms with van der Waals surface area (Å²) in [4.78, 5) is 19.2. The maximum atomic E-state index is 14.6. The fraction of sp³-hybridized carbons (Fsp3) is 0.172. The van der Waals surface area contributed by atoms with Gasteiger partial charge in [0.2, 0.25) is 5.41 Å². The molecular weight excluding hydrogens is 700 g/mol. The Hall–Kier alpha value is -5.56. The Bertz CT molecular complexity index is 1730. The molecule has 8 nitrogen and oxygen atoms in total. The molecule has 20 heteroatoms. The van der Waals surface area contributed by atoms with Crippen LogP contribution in [0, 0.1) is 20.2 Å². The lowest BCUT2D eigenvalue weighted by Crippen LogP contribution is -2.54. The Balaban J connectivity index is 1.72. The van der Waals surface area contributed by atoms with Crippen LogP contribution in [0.15, 0.2) is 84.9 Å². The molecule has 0 spiro atoms. The summed E-state index contributed by atoms with van der Waals surface area (Å²) in [5.74, 6) is -2.47. The van der Waals surface area contributed by atoms with E-state index in [1.165, 1.54) is 0 Å². The summed E-state index contributed by atoms with van der Waals surface area (Å²) in [5, 5.41) is 21.9. The van der Waals surface area contributed by atoms with Crippen LogP contribution in [0.5, 0.6) is 23.0 Å². The smallest absolute Gasteiger partial charge is 0.423 e. The van der Waals surface area contributed by atoms with E-state index in [2.05, 4.69) is 0 Å². The first kappa shape index (κ1) is 36.3. The minimum absolute atomic E-state index is 0.214. The molecule has 0 amide bonds. The van der Waals surface area contributed by atoms with Crippen LogP contribution in [0.1, 0.15) is 22.3 Å². The first-order valence-electron chi connectivity index (χ1n) is 12.9. The van der Waals surface area contributed by atoms with Gasteiger partial charge in [0, 0.05) is 12.1 Å². The van der Waals surface area contributed by atoms with Gasteiger partial charge in [0.1, 0.15) is 34.1 Å². The molecule has 0 aliphatic rings. The van der Waals surface area contributed by atoms with Gasteiger partial charge in [0.25, 0.3) is 11.4 Å². The summed E-state index contributed by atoms with van der Waals surface area (Å²) >= 11 is 0. The monoisotopic (exact) mass is 714 g/mol. The number of hydrogen-bond acceptors (Lipinski definition) is 6. The molecule has 4 rings (SSSR count). The summed E-state index contributed by atoms with van der Waals surface area (Å²) in [6, 6.07) is 6.45.